The van der Waals surface area contributed by atoms with Crippen LogP contribution in [0.25, 0.3) is 0 Å². The number of nitrogens with zero attached hydrogens (tertiary/aromatic N) is 4. The topological polar surface area (TPSA) is 70.6 Å². The highest BCUT2D eigenvalue weighted by molar-refractivity contribution is 5.85. The Labute approximate surface area is 157 Å². The number of hydrogen-bond donors (Lipinski definition) is 1. The second-order valence-corrected chi connectivity index (χ2v) is 6.90. The molecule has 1 N–H and O–H groups in total. The molecular formula is C16H20F5N5O2. The van der Waals surface area contributed by atoms with Crippen LogP contribution in [0, 0.1) is 0 Å². The maximum atomic E-state index is 13.4. The molecule has 0 spiro atoms. The Kier molecular flexibility index (Phi) is 5.60. The number of rotatable bonds is 5. The van der Waals surface area contributed by atoms with E-state index in [9.17, 15) is 26.7 Å². The molecule has 2 aliphatic heterocycles. The van der Waals surface area contributed by atoms with Crippen LogP contribution in [0.3, 0.4) is 0 Å². The number of likely N-dealkylation sites (tertiary alicyclic amines) is 1. The second kappa shape index (κ2) is 7.64. The number of carbonyl (C=O) groups is 1. The van der Waals surface area contributed by atoms with Gasteiger partial charge in [0.2, 0.25) is 5.91 Å². The summed E-state index contributed by atoms with van der Waals surface area (Å²) in [5.74, 6) is 0.166. The molecule has 0 bridgehead atoms. The minimum atomic E-state index is -4.75. The van der Waals surface area contributed by atoms with Gasteiger partial charge in [0.05, 0.1) is 19.1 Å². The minimum absolute atomic E-state index is 0.127. The number of ether oxygens (including phenoxy) is 1. The number of hydrogen-bond acceptors (Lipinski definition) is 6. The van der Waals surface area contributed by atoms with Gasteiger partial charge in [-0.05, 0) is 13.8 Å². The molecule has 0 saturated carbocycles. The van der Waals surface area contributed by atoms with Gasteiger partial charge in [0.15, 0.2) is 12.3 Å². The third-order valence-electron chi connectivity index (χ3n) is 4.87. The maximum absolute atomic E-state index is 13.4. The van der Waals surface area contributed by atoms with Crippen LogP contribution in [0.1, 0.15) is 13.8 Å². The van der Waals surface area contributed by atoms with E-state index in [1.54, 1.807) is 6.92 Å². The molecule has 0 aliphatic carbocycles. The molecule has 156 valence electrons. The predicted molar refractivity (Wildman–Crippen MR) is 89.2 cm³/mol. The van der Waals surface area contributed by atoms with Gasteiger partial charge in [0.1, 0.15) is 30.1 Å². The Bertz CT molecular complexity index is 711. The molecule has 0 radical (unpaired) electrons. The van der Waals surface area contributed by atoms with Gasteiger partial charge >= 0.3 is 6.36 Å². The third-order valence-corrected chi connectivity index (χ3v) is 4.87. The Balaban J connectivity index is 1.57. The van der Waals surface area contributed by atoms with Gasteiger partial charge in [-0.2, -0.15) is 0 Å². The Hall–Kier alpha value is -2.24. The van der Waals surface area contributed by atoms with E-state index in [0.29, 0.717) is 5.82 Å². The van der Waals surface area contributed by atoms with E-state index >= 15 is 0 Å². The van der Waals surface area contributed by atoms with Crippen LogP contribution in [-0.2, 0) is 9.53 Å². The van der Waals surface area contributed by atoms with Crippen molar-refractivity contribution in [3.05, 3.63) is 12.4 Å². The van der Waals surface area contributed by atoms with Gasteiger partial charge in [0, 0.05) is 12.6 Å². The summed E-state index contributed by atoms with van der Waals surface area (Å²) in [5, 5.41) is 2.84. The fraction of sp³-hybridized carbons (Fsp3) is 0.688. The molecule has 1 aromatic heterocycles. The quantitative estimate of drug-likeness (QED) is 0.750. The van der Waals surface area contributed by atoms with Crippen molar-refractivity contribution in [2.24, 2.45) is 0 Å². The molecule has 1 aromatic rings. The van der Waals surface area contributed by atoms with E-state index < -0.39 is 42.8 Å². The highest BCUT2D eigenvalue weighted by Gasteiger charge is 2.46. The number of aromatic nitrogens is 2. The van der Waals surface area contributed by atoms with Crippen molar-refractivity contribution in [2.75, 3.05) is 29.9 Å². The third kappa shape index (κ3) is 4.42. The summed E-state index contributed by atoms with van der Waals surface area (Å²) in [6, 6.07) is -0.0331. The molecule has 12 heteroatoms. The largest absolute Gasteiger partial charge is 0.522 e. The zero-order valence-corrected chi connectivity index (χ0v) is 15.2. The lowest BCUT2D eigenvalue weighted by Crippen LogP contribution is -2.64. The summed E-state index contributed by atoms with van der Waals surface area (Å²) in [6.45, 7) is 2.60. The van der Waals surface area contributed by atoms with Crippen molar-refractivity contribution in [3.63, 3.8) is 0 Å². The first kappa shape index (κ1) is 20.5. The Morgan fingerprint density at radius 1 is 1.25 bits per heavy atom. The molecule has 1 amide bonds. The fourth-order valence-electron chi connectivity index (χ4n) is 3.22. The normalized spacial score (nSPS) is 28.8. The Morgan fingerprint density at radius 2 is 1.89 bits per heavy atom. The number of nitrogens with one attached hydrogen (secondary N) is 1. The average Bonchev–Trinajstić information content (AvgIpc) is 2.96. The Morgan fingerprint density at radius 3 is 2.46 bits per heavy atom. The lowest BCUT2D eigenvalue weighted by atomic mass is 10.00. The van der Waals surface area contributed by atoms with Crippen molar-refractivity contribution >= 4 is 17.5 Å². The van der Waals surface area contributed by atoms with Crippen LogP contribution in [0.5, 0.6) is 0 Å². The summed E-state index contributed by atoms with van der Waals surface area (Å²) in [4.78, 5) is 23.1. The van der Waals surface area contributed by atoms with Crippen molar-refractivity contribution in [2.45, 2.75) is 50.7 Å². The second-order valence-electron chi connectivity index (χ2n) is 6.90. The molecule has 2 fully saturated rings. The van der Waals surface area contributed by atoms with Crippen LogP contribution in [0.2, 0.25) is 0 Å². The lowest BCUT2D eigenvalue weighted by molar-refractivity contribution is -0.359. The van der Waals surface area contributed by atoms with Gasteiger partial charge in [-0.3, -0.25) is 9.53 Å². The molecule has 3 rings (SSSR count). The van der Waals surface area contributed by atoms with E-state index in [2.05, 4.69) is 20.0 Å². The van der Waals surface area contributed by atoms with Crippen LogP contribution in [0.15, 0.2) is 12.4 Å². The molecule has 5 atom stereocenters. The van der Waals surface area contributed by atoms with E-state index in [-0.39, 0.29) is 25.5 Å². The van der Waals surface area contributed by atoms with Crippen molar-refractivity contribution in [1.82, 2.24) is 14.9 Å². The van der Waals surface area contributed by atoms with Gasteiger partial charge < -0.3 is 15.1 Å². The number of alkyl halides is 5. The van der Waals surface area contributed by atoms with Crippen molar-refractivity contribution in [3.8, 4) is 0 Å². The SMILES string of the molecule is C[C@@H](Nc1cc(N2C[C@@H](F)[C@H](F)C2)ncn1)C(=O)N1C[C@H](OC(F)(F)F)[C@@H]1C. The number of amides is 1. The van der Waals surface area contributed by atoms with E-state index in [4.69, 9.17) is 0 Å². The number of anilines is 2. The van der Waals surface area contributed by atoms with Crippen LogP contribution in [0.4, 0.5) is 33.6 Å². The summed E-state index contributed by atoms with van der Waals surface area (Å²) in [6.07, 6.45) is -7.83. The summed E-state index contributed by atoms with van der Waals surface area (Å²) in [5.41, 5.74) is 0. The average molecular weight is 409 g/mol. The smallest absolute Gasteiger partial charge is 0.358 e. The zero-order valence-electron chi connectivity index (χ0n) is 15.2. The first-order valence-electron chi connectivity index (χ1n) is 8.72. The van der Waals surface area contributed by atoms with Gasteiger partial charge in [-0.15, -0.1) is 13.2 Å². The van der Waals surface area contributed by atoms with Gasteiger partial charge in [-0.1, -0.05) is 0 Å². The van der Waals surface area contributed by atoms with Crippen molar-refractivity contribution in [1.29, 1.82) is 0 Å². The fourth-order valence-corrected chi connectivity index (χ4v) is 3.22. The highest BCUT2D eigenvalue weighted by Crippen LogP contribution is 2.29. The molecule has 7 nitrogen and oxygen atoms in total. The standard InChI is InChI=1S/C16H20F5N5O2/c1-8(15(27)26-6-12(9(26)2)28-16(19,20)21)24-13-3-14(23-7-22-13)25-4-10(17)11(18)5-25/h3,7-12H,4-6H2,1-2H3,(H,22,23,24)/t8-,9+,10-,11-,12+/m1/s1. The molecule has 28 heavy (non-hydrogen) atoms. The number of carbonyl (C=O) groups excluding carboxylic acids is 1. The van der Waals surface area contributed by atoms with Crippen LogP contribution < -0.4 is 10.2 Å². The molecule has 0 unspecified atom stereocenters. The summed E-state index contributed by atoms with van der Waals surface area (Å²) in [7, 11) is 0. The first-order chi connectivity index (χ1) is 13.0. The molecule has 3 heterocycles. The summed E-state index contributed by atoms with van der Waals surface area (Å²) >= 11 is 0. The van der Waals surface area contributed by atoms with Crippen molar-refractivity contribution < 1.29 is 31.5 Å². The van der Waals surface area contributed by atoms with Gasteiger partial charge in [0.25, 0.3) is 0 Å². The minimum Gasteiger partial charge on any atom is -0.358 e. The zero-order chi connectivity index (χ0) is 20.6. The first-order valence-corrected chi connectivity index (χ1v) is 8.72. The number of halogens is 5. The maximum Gasteiger partial charge on any atom is 0.522 e. The van der Waals surface area contributed by atoms with Gasteiger partial charge in [-0.25, -0.2) is 18.7 Å². The monoisotopic (exact) mass is 409 g/mol. The molecular weight excluding hydrogens is 389 g/mol. The molecule has 2 aliphatic rings. The lowest BCUT2D eigenvalue weighted by Gasteiger charge is -2.46. The van der Waals surface area contributed by atoms with E-state index in [1.807, 2.05) is 0 Å². The highest BCUT2D eigenvalue weighted by atomic mass is 19.4. The van der Waals surface area contributed by atoms with E-state index in [0.717, 1.165) is 0 Å². The predicted octanol–water partition coefficient (Wildman–Crippen LogP) is 1.91. The molecule has 0 aromatic carbocycles. The van der Waals surface area contributed by atoms with Crippen LogP contribution in [-0.4, -0.2) is 77.3 Å². The van der Waals surface area contributed by atoms with E-state index in [1.165, 1.54) is 29.1 Å². The summed E-state index contributed by atoms with van der Waals surface area (Å²) < 4.78 is 67.5. The van der Waals surface area contributed by atoms with Crippen LogP contribution >= 0.6 is 0 Å². The molecule has 2 saturated heterocycles.